The molecule has 0 radical (unpaired) electrons. The molecule has 2 amide bonds. The van der Waals surface area contributed by atoms with Crippen LogP contribution in [0.5, 0.6) is 0 Å². The van der Waals surface area contributed by atoms with Crippen molar-refractivity contribution in [1.82, 2.24) is 5.32 Å². The summed E-state index contributed by atoms with van der Waals surface area (Å²) in [7, 11) is 0. The Morgan fingerprint density at radius 1 is 1.73 bits per heavy atom. The number of hydrogen-bond acceptors (Lipinski definition) is 4. The van der Waals surface area contributed by atoms with Crippen LogP contribution in [0.25, 0.3) is 0 Å². The molecule has 0 aliphatic carbocycles. The number of isocyanates is 1. The van der Waals surface area contributed by atoms with Crippen LogP contribution < -0.4 is 11.1 Å². The van der Waals surface area contributed by atoms with E-state index < -0.39 is 6.03 Å². The Balaban J connectivity index is 0. The summed E-state index contributed by atoms with van der Waals surface area (Å²) < 4.78 is 0. The van der Waals surface area contributed by atoms with Gasteiger partial charge in [0, 0.05) is 6.54 Å². The van der Waals surface area contributed by atoms with E-state index in [9.17, 15) is 4.79 Å². The Morgan fingerprint density at radius 2 is 2.18 bits per heavy atom. The summed E-state index contributed by atoms with van der Waals surface area (Å²) in [4.78, 5) is 18.3. The lowest BCUT2D eigenvalue weighted by Gasteiger charge is -1.95. The summed E-state index contributed by atoms with van der Waals surface area (Å²) >= 11 is 3.93. The first-order valence-electron chi connectivity index (χ1n) is 2.87. The van der Waals surface area contributed by atoms with Crippen LogP contribution in [0.15, 0.2) is 0 Å². The molecule has 0 saturated heterocycles. The average Bonchev–Trinajstić information content (AvgIpc) is 1.89. The molecule has 6 heteroatoms. The molecule has 0 aromatic carbocycles. The molecule has 0 unspecified atom stereocenters. The highest BCUT2D eigenvalue weighted by molar-refractivity contribution is 7.80. The van der Waals surface area contributed by atoms with Crippen molar-refractivity contribution in [2.45, 2.75) is 6.42 Å². The zero-order valence-corrected chi connectivity index (χ0v) is 6.86. The predicted molar refractivity (Wildman–Crippen MR) is 44.5 cm³/mol. The molecular weight excluding hydrogens is 166 g/mol. The Morgan fingerprint density at radius 3 is 2.45 bits per heavy atom. The van der Waals surface area contributed by atoms with Gasteiger partial charge in [-0.15, -0.1) is 0 Å². The maximum absolute atomic E-state index is 9.96. The van der Waals surface area contributed by atoms with E-state index in [0.717, 1.165) is 18.3 Å². The highest BCUT2D eigenvalue weighted by atomic mass is 32.1. The minimum atomic E-state index is -0.466. The van der Waals surface area contributed by atoms with Gasteiger partial charge in [-0.2, -0.15) is 12.6 Å². The number of nitrogens with two attached hydrogens (primary N) is 1. The third-order valence-corrected chi connectivity index (χ3v) is 0.950. The fraction of sp³-hybridized carbons (Fsp3) is 0.600. The third kappa shape index (κ3) is 27.6. The molecule has 0 aliphatic heterocycles. The average molecular weight is 177 g/mol. The Hall–Kier alpha value is -1.00. The van der Waals surface area contributed by atoms with E-state index in [0.29, 0.717) is 6.54 Å². The normalized spacial score (nSPS) is 7.00. The molecule has 0 rings (SSSR count). The van der Waals surface area contributed by atoms with Gasteiger partial charge in [-0.1, -0.05) is 0 Å². The van der Waals surface area contributed by atoms with Crippen molar-refractivity contribution in [1.29, 1.82) is 5.41 Å². The topological polar surface area (TPSA) is 96.0 Å². The van der Waals surface area contributed by atoms with Gasteiger partial charge in [-0.05, 0) is 12.2 Å². The molecule has 0 saturated carbocycles. The monoisotopic (exact) mass is 177 g/mol. The summed E-state index contributed by atoms with van der Waals surface area (Å²) in [5, 5.41) is 7.84. The van der Waals surface area contributed by atoms with Crippen molar-refractivity contribution in [2.75, 3.05) is 12.3 Å². The van der Waals surface area contributed by atoms with Gasteiger partial charge in [-0.3, -0.25) is 0 Å². The van der Waals surface area contributed by atoms with Crippen molar-refractivity contribution < 1.29 is 9.59 Å². The molecule has 0 fully saturated rings. The zero-order valence-electron chi connectivity index (χ0n) is 5.96. The first-order chi connectivity index (χ1) is 5.18. The lowest BCUT2D eigenvalue weighted by atomic mass is 10.5. The molecule has 64 valence electrons. The maximum Gasteiger partial charge on any atom is 0.312 e. The van der Waals surface area contributed by atoms with E-state index in [1.807, 2.05) is 0 Å². The molecular formula is C5H11N3O2S. The van der Waals surface area contributed by atoms with E-state index >= 15 is 0 Å². The SMILES string of the molecule is N=C=O.NC(=O)NCCCS. The highest BCUT2D eigenvalue weighted by Gasteiger charge is 1.86. The number of rotatable bonds is 3. The smallest absolute Gasteiger partial charge is 0.312 e. The van der Waals surface area contributed by atoms with Crippen molar-refractivity contribution in [2.24, 2.45) is 5.73 Å². The van der Waals surface area contributed by atoms with E-state index in [1.165, 1.54) is 0 Å². The van der Waals surface area contributed by atoms with Gasteiger partial charge < -0.3 is 11.1 Å². The van der Waals surface area contributed by atoms with Crippen LogP contribution in [-0.2, 0) is 4.79 Å². The lowest BCUT2D eigenvalue weighted by Crippen LogP contribution is -2.30. The molecule has 5 nitrogen and oxygen atoms in total. The number of amides is 2. The number of primary amides is 1. The van der Waals surface area contributed by atoms with Crippen molar-refractivity contribution in [3.63, 3.8) is 0 Å². The molecule has 0 spiro atoms. The molecule has 0 heterocycles. The third-order valence-electron chi connectivity index (χ3n) is 0.634. The largest absolute Gasteiger partial charge is 0.352 e. The fourth-order valence-electron chi connectivity index (χ4n) is 0.291. The van der Waals surface area contributed by atoms with E-state index in [-0.39, 0.29) is 0 Å². The van der Waals surface area contributed by atoms with Gasteiger partial charge in [0.1, 0.15) is 0 Å². The van der Waals surface area contributed by atoms with Crippen LogP contribution in [0.1, 0.15) is 6.42 Å². The van der Waals surface area contributed by atoms with E-state index in [2.05, 4.69) is 17.9 Å². The minimum Gasteiger partial charge on any atom is -0.352 e. The fourth-order valence-corrected chi connectivity index (χ4v) is 0.449. The van der Waals surface area contributed by atoms with Gasteiger partial charge >= 0.3 is 6.03 Å². The Kier molecular flexibility index (Phi) is 13.5. The zero-order chi connectivity index (χ0) is 9.11. The molecule has 0 bridgehead atoms. The number of thiol groups is 1. The quantitative estimate of drug-likeness (QED) is 0.209. The van der Waals surface area contributed by atoms with E-state index in [1.54, 1.807) is 0 Å². The number of carbonyl (C=O) groups excluding carboxylic acids is 2. The summed E-state index contributed by atoms with van der Waals surface area (Å²) in [5.41, 5.74) is 4.76. The van der Waals surface area contributed by atoms with Crippen LogP contribution >= 0.6 is 12.6 Å². The van der Waals surface area contributed by atoms with Gasteiger partial charge in [0.15, 0.2) is 0 Å². The second-order valence-corrected chi connectivity index (χ2v) is 1.92. The highest BCUT2D eigenvalue weighted by Crippen LogP contribution is 1.78. The van der Waals surface area contributed by atoms with Gasteiger partial charge in [0.25, 0.3) is 0 Å². The molecule has 4 N–H and O–H groups in total. The van der Waals surface area contributed by atoms with Gasteiger partial charge in [0.05, 0.1) is 0 Å². The van der Waals surface area contributed by atoms with Gasteiger partial charge in [-0.25, -0.2) is 15.0 Å². The predicted octanol–water partition coefficient (Wildman–Crippen LogP) is -0.124. The second-order valence-electron chi connectivity index (χ2n) is 1.47. The standard InChI is InChI=1S/C4H10N2OS.CHNO/c5-4(7)6-2-1-3-8;2-1-3/h8H,1-3H2,(H3,5,6,7);2H. The summed E-state index contributed by atoms with van der Waals surface area (Å²) in [6.45, 7) is 0.624. The maximum atomic E-state index is 9.96. The summed E-state index contributed by atoms with van der Waals surface area (Å²) in [5.74, 6) is 0.778. The number of urea groups is 1. The van der Waals surface area contributed by atoms with Crippen LogP contribution in [0, 0.1) is 5.41 Å². The number of hydrogen-bond donors (Lipinski definition) is 4. The van der Waals surface area contributed by atoms with E-state index in [4.69, 9.17) is 15.9 Å². The van der Waals surface area contributed by atoms with Crippen LogP contribution in [0.3, 0.4) is 0 Å². The summed E-state index contributed by atoms with van der Waals surface area (Å²) in [6, 6.07) is -0.466. The Labute approximate surface area is 70.3 Å². The van der Waals surface area contributed by atoms with Crippen LogP contribution in [0.4, 0.5) is 4.79 Å². The van der Waals surface area contributed by atoms with Crippen LogP contribution in [0.2, 0.25) is 0 Å². The number of nitrogens with one attached hydrogen (secondary N) is 2. The second kappa shape index (κ2) is 11.8. The van der Waals surface area contributed by atoms with Crippen molar-refractivity contribution in [3.8, 4) is 0 Å². The van der Waals surface area contributed by atoms with Crippen molar-refractivity contribution >= 4 is 24.7 Å². The summed E-state index contributed by atoms with van der Waals surface area (Å²) in [6.07, 6.45) is 1.62. The molecule has 11 heavy (non-hydrogen) atoms. The first kappa shape index (κ1) is 12.7. The molecule has 0 atom stereocenters. The molecule has 0 aromatic heterocycles. The lowest BCUT2D eigenvalue weighted by molar-refractivity contribution is 0.249. The molecule has 0 aliphatic rings. The molecule has 0 aromatic rings. The minimum absolute atomic E-state index is 0.466. The van der Waals surface area contributed by atoms with Gasteiger partial charge in [0.2, 0.25) is 6.08 Å². The van der Waals surface area contributed by atoms with Crippen LogP contribution in [-0.4, -0.2) is 24.4 Å². The van der Waals surface area contributed by atoms with Crippen molar-refractivity contribution in [3.05, 3.63) is 0 Å². The number of carbonyl (C=O) groups is 1. The Bertz CT molecular complexity index is 134. The first-order valence-corrected chi connectivity index (χ1v) is 3.50.